The van der Waals surface area contributed by atoms with Crippen molar-refractivity contribution in [3.63, 3.8) is 0 Å². The van der Waals surface area contributed by atoms with Gasteiger partial charge >= 0.3 is 11.9 Å². The summed E-state index contributed by atoms with van der Waals surface area (Å²) in [6.07, 6.45) is 68.7. The van der Waals surface area contributed by atoms with Crippen molar-refractivity contribution in [1.82, 2.24) is 0 Å². The van der Waals surface area contributed by atoms with Crippen molar-refractivity contribution in [1.29, 1.82) is 0 Å². The van der Waals surface area contributed by atoms with E-state index in [1.165, 1.54) is 103 Å². The Balaban J connectivity index is 4.30. The Morgan fingerprint density at radius 1 is 0.371 bits per heavy atom. The third-order valence-corrected chi connectivity index (χ3v) is 10.9. The van der Waals surface area contributed by atoms with Gasteiger partial charge in [0.2, 0.25) is 0 Å². The zero-order chi connectivity index (χ0) is 44.9. The second kappa shape index (κ2) is 52.4. The Kier molecular flexibility index (Phi) is 50.0. The number of carbonyl (C=O) groups is 2. The van der Waals surface area contributed by atoms with Crippen LogP contribution in [0.15, 0.2) is 85.1 Å². The highest BCUT2D eigenvalue weighted by atomic mass is 16.6. The number of allylic oxidation sites excluding steroid dienone is 14. The van der Waals surface area contributed by atoms with Gasteiger partial charge < -0.3 is 14.2 Å². The number of rotatable bonds is 47. The summed E-state index contributed by atoms with van der Waals surface area (Å²) < 4.78 is 17.4. The lowest BCUT2D eigenvalue weighted by Crippen LogP contribution is -2.30. The summed E-state index contributed by atoms with van der Waals surface area (Å²) in [5.41, 5.74) is 0. The molecule has 0 bridgehead atoms. The summed E-state index contributed by atoms with van der Waals surface area (Å²) in [5, 5.41) is 0. The molecule has 62 heavy (non-hydrogen) atoms. The van der Waals surface area contributed by atoms with E-state index < -0.39 is 6.10 Å². The molecule has 0 aromatic rings. The van der Waals surface area contributed by atoms with Crippen LogP contribution in [0.2, 0.25) is 0 Å². The van der Waals surface area contributed by atoms with Gasteiger partial charge in [-0.25, -0.2) is 0 Å². The Bertz CT molecular complexity index is 1160. The van der Waals surface area contributed by atoms with E-state index in [9.17, 15) is 9.59 Å². The first-order valence-corrected chi connectivity index (χ1v) is 26.1. The summed E-state index contributed by atoms with van der Waals surface area (Å²) in [6, 6.07) is 0. The molecule has 0 heterocycles. The van der Waals surface area contributed by atoms with Crippen LogP contribution in [0.1, 0.15) is 239 Å². The topological polar surface area (TPSA) is 61.8 Å². The molecule has 5 nitrogen and oxygen atoms in total. The summed E-state index contributed by atoms with van der Waals surface area (Å²) >= 11 is 0. The maximum atomic E-state index is 12.8. The SMILES string of the molecule is CC/C=C\C/C=C\C/C=C\C/C=C\CCCCCCCCCOCC(COC(=O)CCCCCCC/C=C\C/C=C\CCC)OC(=O)CCCCCCC/C=C\CCCCCC. The van der Waals surface area contributed by atoms with Gasteiger partial charge in [0.1, 0.15) is 6.61 Å². The van der Waals surface area contributed by atoms with E-state index in [-0.39, 0.29) is 25.2 Å². The maximum Gasteiger partial charge on any atom is 0.306 e. The maximum absolute atomic E-state index is 12.8. The molecule has 0 aromatic carbocycles. The predicted molar refractivity (Wildman–Crippen MR) is 270 cm³/mol. The van der Waals surface area contributed by atoms with Gasteiger partial charge in [0, 0.05) is 19.4 Å². The van der Waals surface area contributed by atoms with Gasteiger partial charge in [0.15, 0.2) is 6.10 Å². The lowest BCUT2D eigenvalue weighted by molar-refractivity contribution is -0.163. The highest BCUT2D eigenvalue weighted by Crippen LogP contribution is 2.13. The first-order valence-electron chi connectivity index (χ1n) is 26.1. The number of esters is 2. The minimum Gasteiger partial charge on any atom is -0.462 e. The molecule has 5 heteroatoms. The molecule has 0 N–H and O–H groups in total. The van der Waals surface area contributed by atoms with E-state index in [0.717, 1.165) is 103 Å². The second-order valence-corrected chi connectivity index (χ2v) is 17.0. The van der Waals surface area contributed by atoms with E-state index in [0.29, 0.717) is 19.4 Å². The molecule has 0 aliphatic heterocycles. The molecule has 0 aromatic heterocycles. The Labute approximate surface area is 384 Å². The first kappa shape index (κ1) is 59.1. The molecule has 0 saturated heterocycles. The van der Waals surface area contributed by atoms with Gasteiger partial charge in [0.25, 0.3) is 0 Å². The molecule has 1 unspecified atom stereocenters. The number of unbranched alkanes of at least 4 members (excludes halogenated alkanes) is 22. The predicted octanol–water partition coefficient (Wildman–Crippen LogP) is 17.7. The van der Waals surface area contributed by atoms with Gasteiger partial charge in [-0.3, -0.25) is 9.59 Å². The lowest BCUT2D eigenvalue weighted by Gasteiger charge is -2.18. The molecule has 0 radical (unpaired) electrons. The zero-order valence-corrected chi connectivity index (χ0v) is 40.9. The van der Waals surface area contributed by atoms with E-state index in [2.05, 4.69) is 106 Å². The van der Waals surface area contributed by atoms with Crippen LogP contribution in [0.5, 0.6) is 0 Å². The van der Waals surface area contributed by atoms with E-state index >= 15 is 0 Å². The molecule has 0 saturated carbocycles. The van der Waals surface area contributed by atoms with Crippen LogP contribution in [0, 0.1) is 0 Å². The Morgan fingerprint density at radius 3 is 1.24 bits per heavy atom. The van der Waals surface area contributed by atoms with Crippen LogP contribution >= 0.6 is 0 Å². The van der Waals surface area contributed by atoms with Crippen molar-refractivity contribution in [2.75, 3.05) is 19.8 Å². The van der Waals surface area contributed by atoms with Gasteiger partial charge in [-0.1, -0.05) is 202 Å². The van der Waals surface area contributed by atoms with E-state index in [4.69, 9.17) is 14.2 Å². The van der Waals surface area contributed by atoms with Crippen molar-refractivity contribution >= 4 is 11.9 Å². The molecular weight excluding hydrogens is 765 g/mol. The third-order valence-electron chi connectivity index (χ3n) is 10.9. The van der Waals surface area contributed by atoms with Crippen LogP contribution in [0.4, 0.5) is 0 Å². The number of hydrogen-bond donors (Lipinski definition) is 0. The fourth-order valence-electron chi connectivity index (χ4n) is 7.00. The second-order valence-electron chi connectivity index (χ2n) is 17.0. The van der Waals surface area contributed by atoms with Crippen LogP contribution in [0.3, 0.4) is 0 Å². The highest BCUT2D eigenvalue weighted by Gasteiger charge is 2.17. The molecule has 0 aliphatic carbocycles. The van der Waals surface area contributed by atoms with Gasteiger partial charge in [-0.15, -0.1) is 0 Å². The molecule has 356 valence electrons. The van der Waals surface area contributed by atoms with Gasteiger partial charge in [-0.2, -0.15) is 0 Å². The third kappa shape index (κ3) is 49.7. The van der Waals surface area contributed by atoms with Crippen LogP contribution < -0.4 is 0 Å². The molecule has 0 amide bonds. The van der Waals surface area contributed by atoms with Crippen molar-refractivity contribution in [3.8, 4) is 0 Å². The molecule has 0 rings (SSSR count). The standard InChI is InChI=1S/C57H98O5/c1-4-7-10-13-16-19-22-25-26-27-28-29-30-31-34-37-40-43-46-49-52-60-53-55(62-57(59)51-48-45-42-39-36-33-24-21-18-15-12-9-6-3)54-61-56(58)50-47-44-41-38-35-32-23-20-17-14-11-8-5-2/h7,10-11,14,16,19-21,23-26,28-29,55H,4-6,8-9,12-13,15,17-18,22,27,30-54H2,1-3H3/b10-7-,14-11-,19-16-,23-20-,24-21-,26-25-,29-28-. The zero-order valence-electron chi connectivity index (χ0n) is 40.9. The smallest absolute Gasteiger partial charge is 0.306 e. The van der Waals surface area contributed by atoms with Gasteiger partial charge in [-0.05, 0) is 109 Å². The summed E-state index contributed by atoms with van der Waals surface area (Å²) in [5.74, 6) is -0.430. The van der Waals surface area contributed by atoms with Crippen molar-refractivity contribution < 1.29 is 23.8 Å². The number of ether oxygens (including phenoxy) is 3. The van der Waals surface area contributed by atoms with Crippen molar-refractivity contribution in [3.05, 3.63) is 85.1 Å². The lowest BCUT2D eigenvalue weighted by atomic mass is 10.1. The molecule has 0 aliphatic rings. The van der Waals surface area contributed by atoms with E-state index in [1.807, 2.05) is 0 Å². The first-order chi connectivity index (χ1) is 30.6. The van der Waals surface area contributed by atoms with Gasteiger partial charge in [0.05, 0.1) is 6.61 Å². The molecule has 0 fully saturated rings. The molecule has 0 spiro atoms. The number of hydrogen-bond acceptors (Lipinski definition) is 5. The van der Waals surface area contributed by atoms with Crippen LogP contribution in [0.25, 0.3) is 0 Å². The minimum atomic E-state index is -0.555. The summed E-state index contributed by atoms with van der Waals surface area (Å²) in [4.78, 5) is 25.4. The normalized spacial score (nSPS) is 12.9. The number of carbonyl (C=O) groups excluding carboxylic acids is 2. The van der Waals surface area contributed by atoms with E-state index in [1.54, 1.807) is 0 Å². The van der Waals surface area contributed by atoms with Crippen LogP contribution in [-0.4, -0.2) is 37.9 Å². The molecule has 1 atom stereocenters. The Morgan fingerprint density at radius 2 is 0.758 bits per heavy atom. The average molecular weight is 863 g/mol. The largest absolute Gasteiger partial charge is 0.462 e. The Hall–Kier alpha value is -2.92. The monoisotopic (exact) mass is 863 g/mol. The fraction of sp³-hybridized carbons (Fsp3) is 0.719. The van der Waals surface area contributed by atoms with Crippen molar-refractivity contribution in [2.45, 2.75) is 245 Å². The van der Waals surface area contributed by atoms with Crippen LogP contribution in [-0.2, 0) is 23.8 Å². The average Bonchev–Trinajstić information content (AvgIpc) is 3.27. The fourth-order valence-corrected chi connectivity index (χ4v) is 7.00. The quantitative estimate of drug-likeness (QED) is 0.0346. The highest BCUT2D eigenvalue weighted by molar-refractivity contribution is 5.70. The molecular formula is C57H98O5. The minimum absolute atomic E-state index is 0.0670. The summed E-state index contributed by atoms with van der Waals surface area (Å²) in [6.45, 7) is 7.59. The van der Waals surface area contributed by atoms with Crippen molar-refractivity contribution in [2.24, 2.45) is 0 Å². The summed E-state index contributed by atoms with van der Waals surface area (Å²) in [7, 11) is 0.